The van der Waals surface area contributed by atoms with Crippen LogP contribution in [-0.2, 0) is 11.2 Å². The Bertz CT molecular complexity index is 950. The fourth-order valence-corrected chi connectivity index (χ4v) is 3.64. The van der Waals surface area contributed by atoms with E-state index < -0.39 is 0 Å². The molecular weight excluding hydrogens is 352 g/mol. The molecule has 5 nitrogen and oxygen atoms in total. The standard InChI is InChI=1S/C23H22N2O3/c26-21(14-17-8-3-1-4-9-17)19-12-7-13-25(16-19)23(27)22-15-20(24-28-22)18-10-5-2-6-11-18/h1-6,8-11,15,19H,7,12-14,16H2/t19-/m1/s1. The van der Waals surface area contributed by atoms with Crippen LogP contribution in [0.25, 0.3) is 11.3 Å². The van der Waals surface area contributed by atoms with E-state index in [4.69, 9.17) is 4.52 Å². The van der Waals surface area contributed by atoms with Crippen LogP contribution in [0.3, 0.4) is 0 Å². The van der Waals surface area contributed by atoms with Gasteiger partial charge in [-0.2, -0.15) is 0 Å². The van der Waals surface area contributed by atoms with Crippen molar-refractivity contribution >= 4 is 11.7 Å². The van der Waals surface area contributed by atoms with Gasteiger partial charge >= 0.3 is 0 Å². The Labute approximate surface area is 164 Å². The predicted octanol–water partition coefficient (Wildman–Crippen LogP) is 4.01. The van der Waals surface area contributed by atoms with Crippen LogP contribution in [0.5, 0.6) is 0 Å². The minimum atomic E-state index is -0.202. The number of Topliss-reactive ketones (excluding diaryl/α,β-unsaturated/α-hetero) is 1. The van der Waals surface area contributed by atoms with Crippen LogP contribution in [-0.4, -0.2) is 34.8 Å². The Balaban J connectivity index is 1.42. The van der Waals surface area contributed by atoms with Crippen molar-refractivity contribution in [2.75, 3.05) is 13.1 Å². The minimum Gasteiger partial charge on any atom is -0.350 e. The average molecular weight is 374 g/mol. The molecular formula is C23H22N2O3. The van der Waals surface area contributed by atoms with Gasteiger partial charge in [-0.3, -0.25) is 9.59 Å². The predicted molar refractivity (Wildman–Crippen MR) is 106 cm³/mol. The Kier molecular flexibility index (Phi) is 5.33. The molecule has 0 spiro atoms. The molecule has 0 aliphatic carbocycles. The van der Waals surface area contributed by atoms with Crippen LogP contribution >= 0.6 is 0 Å². The van der Waals surface area contributed by atoms with E-state index in [9.17, 15) is 9.59 Å². The van der Waals surface area contributed by atoms with E-state index in [-0.39, 0.29) is 23.4 Å². The number of amides is 1. The van der Waals surface area contributed by atoms with E-state index in [2.05, 4.69) is 5.16 Å². The number of piperidine rings is 1. The fraction of sp³-hybridized carbons (Fsp3) is 0.261. The lowest BCUT2D eigenvalue weighted by Crippen LogP contribution is -2.42. The number of benzene rings is 2. The quantitative estimate of drug-likeness (QED) is 0.677. The van der Waals surface area contributed by atoms with Gasteiger partial charge < -0.3 is 9.42 Å². The third-order valence-corrected chi connectivity index (χ3v) is 5.18. The fourth-order valence-electron chi connectivity index (χ4n) is 3.64. The van der Waals surface area contributed by atoms with Crippen molar-refractivity contribution in [1.82, 2.24) is 10.1 Å². The maximum Gasteiger partial charge on any atom is 0.292 e. The number of aromatic nitrogens is 1. The highest BCUT2D eigenvalue weighted by atomic mass is 16.5. The number of likely N-dealkylation sites (tertiary alicyclic amines) is 1. The first kappa shape index (κ1) is 18.2. The Hall–Kier alpha value is -3.21. The van der Waals surface area contributed by atoms with Crippen LogP contribution < -0.4 is 0 Å². The summed E-state index contributed by atoms with van der Waals surface area (Å²) >= 11 is 0. The molecule has 1 aliphatic heterocycles. The molecule has 0 saturated carbocycles. The first-order valence-electron chi connectivity index (χ1n) is 9.59. The first-order valence-corrected chi connectivity index (χ1v) is 9.59. The number of carbonyl (C=O) groups is 2. The van der Waals surface area contributed by atoms with Crippen molar-refractivity contribution in [1.29, 1.82) is 0 Å². The summed E-state index contributed by atoms with van der Waals surface area (Å²) in [7, 11) is 0. The molecule has 0 radical (unpaired) electrons. The highest BCUT2D eigenvalue weighted by molar-refractivity contribution is 5.93. The highest BCUT2D eigenvalue weighted by Gasteiger charge is 2.30. The van der Waals surface area contributed by atoms with Crippen molar-refractivity contribution in [2.45, 2.75) is 19.3 Å². The SMILES string of the molecule is O=C(Cc1ccccc1)[C@@H]1CCCN(C(=O)c2cc(-c3ccccc3)no2)C1. The van der Waals surface area contributed by atoms with E-state index in [1.807, 2.05) is 60.7 Å². The van der Waals surface area contributed by atoms with Crippen LogP contribution in [0.15, 0.2) is 71.3 Å². The van der Waals surface area contributed by atoms with Gasteiger partial charge in [0.2, 0.25) is 5.76 Å². The maximum absolute atomic E-state index is 12.9. The second kappa shape index (κ2) is 8.21. The zero-order chi connectivity index (χ0) is 19.3. The molecule has 1 aliphatic rings. The van der Waals surface area contributed by atoms with Crippen LogP contribution in [0.4, 0.5) is 0 Å². The molecule has 142 valence electrons. The zero-order valence-electron chi connectivity index (χ0n) is 15.6. The van der Waals surface area contributed by atoms with Gasteiger partial charge in [0.1, 0.15) is 11.5 Å². The van der Waals surface area contributed by atoms with Gasteiger partial charge in [0.05, 0.1) is 0 Å². The molecule has 1 saturated heterocycles. The number of hydrogen-bond donors (Lipinski definition) is 0. The lowest BCUT2D eigenvalue weighted by atomic mass is 9.90. The molecule has 1 atom stereocenters. The Morgan fingerprint density at radius 3 is 2.50 bits per heavy atom. The summed E-state index contributed by atoms with van der Waals surface area (Å²) in [6.45, 7) is 1.07. The lowest BCUT2D eigenvalue weighted by Gasteiger charge is -2.31. The Morgan fingerprint density at radius 1 is 1.04 bits per heavy atom. The molecule has 0 N–H and O–H groups in total. The molecule has 4 rings (SSSR count). The van der Waals surface area contributed by atoms with E-state index >= 15 is 0 Å². The smallest absolute Gasteiger partial charge is 0.292 e. The monoisotopic (exact) mass is 374 g/mol. The van der Waals surface area contributed by atoms with Gasteiger partial charge in [-0.1, -0.05) is 65.8 Å². The Morgan fingerprint density at radius 2 is 1.75 bits per heavy atom. The van der Waals surface area contributed by atoms with Crippen LogP contribution in [0.2, 0.25) is 0 Å². The average Bonchev–Trinajstić information content (AvgIpc) is 3.25. The molecule has 2 aromatic carbocycles. The number of hydrogen-bond acceptors (Lipinski definition) is 4. The van der Waals surface area contributed by atoms with Gasteiger partial charge in [-0.25, -0.2) is 0 Å². The maximum atomic E-state index is 12.9. The molecule has 5 heteroatoms. The van der Waals surface area contributed by atoms with Crippen molar-refractivity contribution in [3.63, 3.8) is 0 Å². The van der Waals surface area contributed by atoms with Crippen LogP contribution in [0.1, 0.15) is 29.0 Å². The normalized spacial score (nSPS) is 16.7. The molecule has 1 aromatic heterocycles. The zero-order valence-corrected chi connectivity index (χ0v) is 15.6. The van der Waals surface area contributed by atoms with Gasteiger partial charge in [0.25, 0.3) is 5.91 Å². The summed E-state index contributed by atoms with van der Waals surface area (Å²) < 4.78 is 5.30. The minimum absolute atomic E-state index is 0.130. The second-order valence-electron chi connectivity index (χ2n) is 7.16. The second-order valence-corrected chi connectivity index (χ2v) is 7.16. The van der Waals surface area contributed by atoms with E-state index in [1.54, 1.807) is 11.0 Å². The van der Waals surface area contributed by atoms with E-state index in [0.717, 1.165) is 24.0 Å². The largest absolute Gasteiger partial charge is 0.350 e. The summed E-state index contributed by atoms with van der Waals surface area (Å²) in [6.07, 6.45) is 2.05. The summed E-state index contributed by atoms with van der Waals surface area (Å²) in [4.78, 5) is 27.3. The molecule has 1 fully saturated rings. The third kappa shape index (κ3) is 4.03. The van der Waals surface area contributed by atoms with Gasteiger partial charge in [-0.05, 0) is 18.4 Å². The van der Waals surface area contributed by atoms with Crippen molar-refractivity contribution in [3.05, 3.63) is 78.1 Å². The molecule has 0 bridgehead atoms. The summed E-state index contributed by atoms with van der Waals surface area (Å²) in [5, 5.41) is 4.02. The van der Waals surface area contributed by atoms with Crippen molar-refractivity contribution in [2.24, 2.45) is 5.92 Å². The van der Waals surface area contributed by atoms with Crippen LogP contribution in [0, 0.1) is 5.92 Å². The molecule has 28 heavy (non-hydrogen) atoms. The van der Waals surface area contributed by atoms with E-state index in [1.165, 1.54) is 0 Å². The number of carbonyl (C=O) groups excluding carboxylic acids is 2. The molecule has 1 amide bonds. The van der Waals surface area contributed by atoms with Gasteiger partial charge in [0, 0.05) is 37.1 Å². The number of rotatable bonds is 5. The lowest BCUT2D eigenvalue weighted by molar-refractivity contribution is -0.123. The summed E-state index contributed by atoms with van der Waals surface area (Å²) in [5.41, 5.74) is 2.55. The van der Waals surface area contributed by atoms with Crippen molar-refractivity contribution < 1.29 is 14.1 Å². The molecule has 3 aromatic rings. The summed E-state index contributed by atoms with van der Waals surface area (Å²) in [6, 6.07) is 21.0. The van der Waals surface area contributed by atoms with Gasteiger partial charge in [-0.15, -0.1) is 0 Å². The van der Waals surface area contributed by atoms with E-state index in [0.29, 0.717) is 25.2 Å². The van der Waals surface area contributed by atoms with Gasteiger partial charge in [0.15, 0.2) is 0 Å². The third-order valence-electron chi connectivity index (χ3n) is 5.18. The highest BCUT2D eigenvalue weighted by Crippen LogP contribution is 2.23. The molecule has 0 unspecified atom stereocenters. The number of nitrogens with zero attached hydrogens (tertiary/aromatic N) is 2. The number of ketones is 1. The first-order chi connectivity index (χ1) is 13.7. The summed E-state index contributed by atoms with van der Waals surface area (Å²) in [5.74, 6) is 0.0718. The topological polar surface area (TPSA) is 63.4 Å². The van der Waals surface area contributed by atoms with Crippen molar-refractivity contribution in [3.8, 4) is 11.3 Å². The molecule has 2 heterocycles.